The van der Waals surface area contributed by atoms with Crippen molar-refractivity contribution in [1.29, 1.82) is 5.41 Å². The Morgan fingerprint density at radius 1 is 1.50 bits per heavy atom. The molecule has 0 aromatic rings. The minimum atomic E-state index is 0.271. The number of likely N-dealkylation sites (tertiary alicyclic amines) is 1. The van der Waals surface area contributed by atoms with Gasteiger partial charge >= 0.3 is 0 Å². The lowest BCUT2D eigenvalue weighted by Crippen LogP contribution is -2.41. The molecule has 3 N–H and O–H groups in total. The fourth-order valence-electron chi connectivity index (χ4n) is 2.22. The first-order chi connectivity index (χ1) is 4.77. The molecule has 1 saturated heterocycles. The van der Waals surface area contributed by atoms with E-state index in [1.54, 1.807) is 0 Å². The molecule has 2 rings (SSSR count). The van der Waals surface area contributed by atoms with Gasteiger partial charge in [0.25, 0.3) is 0 Å². The van der Waals surface area contributed by atoms with Crippen molar-refractivity contribution in [3.8, 4) is 0 Å². The topological polar surface area (TPSA) is 53.1 Å². The van der Waals surface area contributed by atoms with E-state index in [-0.39, 0.29) is 5.96 Å². The van der Waals surface area contributed by atoms with Crippen molar-refractivity contribution >= 4 is 5.96 Å². The van der Waals surface area contributed by atoms with Gasteiger partial charge in [0.2, 0.25) is 0 Å². The maximum Gasteiger partial charge on any atom is 0.188 e. The van der Waals surface area contributed by atoms with Crippen molar-refractivity contribution in [2.45, 2.75) is 25.3 Å². The van der Waals surface area contributed by atoms with Crippen LogP contribution in [-0.4, -0.2) is 23.4 Å². The molecule has 0 radical (unpaired) electrons. The van der Waals surface area contributed by atoms with Crippen molar-refractivity contribution in [3.05, 3.63) is 0 Å². The van der Waals surface area contributed by atoms with Crippen LogP contribution in [0.1, 0.15) is 19.3 Å². The molecule has 3 nitrogen and oxygen atoms in total. The standard InChI is InChI=1S/C7H13N3/c8-7(9)10-4-5-1-2-6(10)3-5/h5-6H,1-4H2,(H3,8,9). The molecule has 3 heteroatoms. The minimum absolute atomic E-state index is 0.271. The number of piperidine rings is 1. The van der Waals surface area contributed by atoms with E-state index >= 15 is 0 Å². The van der Waals surface area contributed by atoms with E-state index in [0.29, 0.717) is 6.04 Å². The van der Waals surface area contributed by atoms with Crippen LogP contribution in [0.3, 0.4) is 0 Å². The van der Waals surface area contributed by atoms with Crippen molar-refractivity contribution in [2.24, 2.45) is 11.7 Å². The van der Waals surface area contributed by atoms with E-state index in [2.05, 4.69) is 0 Å². The van der Waals surface area contributed by atoms with Crippen molar-refractivity contribution < 1.29 is 0 Å². The van der Waals surface area contributed by atoms with Crippen molar-refractivity contribution in [2.75, 3.05) is 6.54 Å². The van der Waals surface area contributed by atoms with Gasteiger partial charge in [0.05, 0.1) is 0 Å². The number of rotatable bonds is 0. The van der Waals surface area contributed by atoms with E-state index in [4.69, 9.17) is 11.1 Å². The number of nitrogens with two attached hydrogens (primary N) is 1. The lowest BCUT2D eigenvalue weighted by molar-refractivity contribution is 0.322. The third-order valence-corrected chi connectivity index (χ3v) is 2.72. The normalized spacial score (nSPS) is 37.0. The summed E-state index contributed by atoms with van der Waals surface area (Å²) < 4.78 is 0. The van der Waals surface area contributed by atoms with Gasteiger partial charge in [0.1, 0.15) is 0 Å². The molecule has 10 heavy (non-hydrogen) atoms. The van der Waals surface area contributed by atoms with Crippen molar-refractivity contribution in [3.63, 3.8) is 0 Å². The van der Waals surface area contributed by atoms with Crippen LogP contribution in [-0.2, 0) is 0 Å². The van der Waals surface area contributed by atoms with Gasteiger partial charge in [-0.25, -0.2) is 0 Å². The van der Waals surface area contributed by atoms with Crippen LogP contribution in [0.2, 0.25) is 0 Å². The Kier molecular flexibility index (Phi) is 1.13. The fourth-order valence-corrected chi connectivity index (χ4v) is 2.22. The van der Waals surface area contributed by atoms with Gasteiger partial charge in [0, 0.05) is 12.6 Å². The van der Waals surface area contributed by atoms with E-state index < -0.39 is 0 Å². The van der Waals surface area contributed by atoms with Gasteiger partial charge in [-0.2, -0.15) is 0 Å². The van der Waals surface area contributed by atoms with Crippen LogP contribution in [0.25, 0.3) is 0 Å². The number of fused-ring (bicyclic) bond motifs is 2. The minimum Gasteiger partial charge on any atom is -0.370 e. The zero-order chi connectivity index (χ0) is 7.14. The average Bonchev–Trinajstić information content (AvgIpc) is 2.44. The van der Waals surface area contributed by atoms with Crippen LogP contribution in [0.5, 0.6) is 0 Å². The highest BCUT2D eigenvalue weighted by Gasteiger charge is 2.38. The Labute approximate surface area is 60.7 Å². The second-order valence-electron chi connectivity index (χ2n) is 3.37. The number of hydrogen-bond acceptors (Lipinski definition) is 1. The zero-order valence-electron chi connectivity index (χ0n) is 6.01. The summed E-state index contributed by atoms with van der Waals surface area (Å²) in [6, 6.07) is 0.613. The number of hydrogen-bond donors (Lipinski definition) is 2. The molecule has 56 valence electrons. The Hall–Kier alpha value is -0.730. The molecule has 2 unspecified atom stereocenters. The van der Waals surface area contributed by atoms with Crippen LogP contribution in [0, 0.1) is 11.3 Å². The second kappa shape index (κ2) is 1.87. The third kappa shape index (κ3) is 0.696. The van der Waals surface area contributed by atoms with E-state index in [9.17, 15) is 0 Å². The molecule has 1 aliphatic heterocycles. The molecule has 2 bridgehead atoms. The third-order valence-electron chi connectivity index (χ3n) is 2.72. The summed E-state index contributed by atoms with van der Waals surface area (Å²) >= 11 is 0. The van der Waals surface area contributed by atoms with Crippen LogP contribution in [0.15, 0.2) is 0 Å². The molecule has 0 amide bonds. The van der Waals surface area contributed by atoms with Gasteiger partial charge < -0.3 is 10.6 Å². The van der Waals surface area contributed by atoms with Gasteiger partial charge in [-0.3, -0.25) is 5.41 Å². The van der Waals surface area contributed by atoms with Crippen LogP contribution < -0.4 is 5.73 Å². The summed E-state index contributed by atoms with van der Waals surface area (Å²) in [6.07, 6.45) is 3.89. The van der Waals surface area contributed by atoms with Crippen molar-refractivity contribution in [1.82, 2.24) is 4.90 Å². The summed E-state index contributed by atoms with van der Waals surface area (Å²) in [7, 11) is 0. The summed E-state index contributed by atoms with van der Waals surface area (Å²) in [4.78, 5) is 2.04. The molecule has 0 aromatic heterocycles. The molecule has 1 heterocycles. The average molecular weight is 139 g/mol. The van der Waals surface area contributed by atoms with E-state index in [0.717, 1.165) is 12.5 Å². The number of nitrogens with one attached hydrogen (secondary N) is 1. The first kappa shape index (κ1) is 6.01. The molecule has 1 aliphatic carbocycles. The summed E-state index contributed by atoms with van der Waals surface area (Å²) in [5.74, 6) is 1.11. The summed E-state index contributed by atoms with van der Waals surface area (Å²) in [5.41, 5.74) is 5.39. The molecular formula is C7H13N3. The van der Waals surface area contributed by atoms with Crippen LogP contribution >= 0.6 is 0 Å². The Morgan fingerprint density at radius 2 is 2.30 bits per heavy atom. The lowest BCUT2D eigenvalue weighted by atomic mass is 10.1. The Bertz CT molecular complexity index is 166. The Balaban J connectivity index is 2.08. The molecule has 2 atom stereocenters. The first-order valence-electron chi connectivity index (χ1n) is 3.88. The highest BCUT2D eigenvalue weighted by Crippen LogP contribution is 2.36. The quantitative estimate of drug-likeness (QED) is 0.376. The molecule has 0 spiro atoms. The van der Waals surface area contributed by atoms with Gasteiger partial charge in [-0.15, -0.1) is 0 Å². The maximum atomic E-state index is 7.25. The Morgan fingerprint density at radius 3 is 2.60 bits per heavy atom. The summed E-state index contributed by atoms with van der Waals surface area (Å²) in [5, 5.41) is 7.25. The highest BCUT2D eigenvalue weighted by molar-refractivity contribution is 5.75. The maximum absolute atomic E-state index is 7.25. The number of guanidine groups is 1. The van der Waals surface area contributed by atoms with E-state index in [1.807, 2.05) is 4.90 Å². The number of nitrogens with zero attached hydrogens (tertiary/aromatic N) is 1. The monoisotopic (exact) mass is 139 g/mol. The van der Waals surface area contributed by atoms with E-state index in [1.165, 1.54) is 19.3 Å². The van der Waals surface area contributed by atoms with Crippen LogP contribution in [0.4, 0.5) is 0 Å². The lowest BCUT2D eigenvalue weighted by Gasteiger charge is -2.26. The molecule has 0 aromatic carbocycles. The first-order valence-corrected chi connectivity index (χ1v) is 3.88. The predicted octanol–water partition coefficient (Wildman–Crippen LogP) is 0.364. The molecular weight excluding hydrogens is 126 g/mol. The second-order valence-corrected chi connectivity index (χ2v) is 3.37. The smallest absolute Gasteiger partial charge is 0.188 e. The molecule has 2 fully saturated rings. The van der Waals surface area contributed by atoms with Gasteiger partial charge in [0.15, 0.2) is 5.96 Å². The largest absolute Gasteiger partial charge is 0.370 e. The fraction of sp³-hybridized carbons (Fsp3) is 0.857. The predicted molar refractivity (Wildman–Crippen MR) is 39.7 cm³/mol. The van der Waals surface area contributed by atoms with Gasteiger partial charge in [-0.1, -0.05) is 0 Å². The summed E-state index contributed by atoms with van der Waals surface area (Å²) in [6.45, 7) is 1.04. The zero-order valence-corrected chi connectivity index (χ0v) is 6.01. The SMILES string of the molecule is N=C(N)N1CC2CCC1C2. The molecule has 2 aliphatic rings. The molecule has 1 saturated carbocycles. The highest BCUT2D eigenvalue weighted by atomic mass is 15.3. The van der Waals surface area contributed by atoms with Gasteiger partial charge in [-0.05, 0) is 25.2 Å².